The van der Waals surface area contributed by atoms with E-state index in [9.17, 15) is 9.90 Å². The average Bonchev–Trinajstić information content (AvgIpc) is 2.75. The molecule has 0 aliphatic carbocycles. The Balaban J connectivity index is 1.97. The number of nitrogens with zero attached hydrogens (tertiary/aromatic N) is 2. The van der Waals surface area contributed by atoms with Gasteiger partial charge in [0, 0.05) is 5.75 Å². The second kappa shape index (κ2) is 5.49. The van der Waals surface area contributed by atoms with E-state index in [1.807, 2.05) is 30.3 Å². The molecule has 2 aromatic rings. The van der Waals surface area contributed by atoms with Crippen molar-refractivity contribution in [1.82, 2.24) is 10.2 Å². The third-order valence-electron chi connectivity index (χ3n) is 1.96. The lowest BCUT2D eigenvalue weighted by Gasteiger charge is -1.96. The average molecular weight is 249 g/mol. The molecule has 0 amide bonds. The highest BCUT2D eigenvalue weighted by atomic mass is 32.2. The van der Waals surface area contributed by atoms with Gasteiger partial charge < -0.3 is 14.3 Å². The lowest BCUT2D eigenvalue weighted by Crippen LogP contribution is -2.24. The molecule has 0 radical (unpaired) electrons. The molecule has 5 nitrogen and oxygen atoms in total. The van der Waals surface area contributed by atoms with Crippen molar-refractivity contribution in [3.05, 3.63) is 41.8 Å². The Morgan fingerprint density at radius 2 is 2.06 bits per heavy atom. The fraction of sp³-hybridized carbons (Fsp3) is 0.182. The van der Waals surface area contributed by atoms with Gasteiger partial charge in [0.2, 0.25) is 5.89 Å². The van der Waals surface area contributed by atoms with E-state index in [-0.39, 0.29) is 11.0 Å². The van der Waals surface area contributed by atoms with Crippen molar-refractivity contribution in [2.45, 2.75) is 11.6 Å². The fourth-order valence-electron chi connectivity index (χ4n) is 1.26. The summed E-state index contributed by atoms with van der Waals surface area (Å²) >= 11 is 0.958. The Morgan fingerprint density at radius 1 is 1.29 bits per heavy atom. The molecule has 1 aromatic heterocycles. The van der Waals surface area contributed by atoms with Crippen LogP contribution in [0.1, 0.15) is 11.5 Å². The van der Waals surface area contributed by atoms with Crippen molar-refractivity contribution in [3.63, 3.8) is 0 Å². The summed E-state index contributed by atoms with van der Waals surface area (Å²) in [4.78, 5) is 10.2. The van der Waals surface area contributed by atoms with Crippen LogP contribution in [0.5, 0.6) is 0 Å². The molecule has 1 heterocycles. The SMILES string of the molecule is O=C([O-])CSc1nnc(Cc2ccccc2)o1. The van der Waals surface area contributed by atoms with Gasteiger partial charge in [0.05, 0.1) is 12.4 Å². The molecule has 17 heavy (non-hydrogen) atoms. The quantitative estimate of drug-likeness (QED) is 0.718. The predicted octanol–water partition coefficient (Wildman–Crippen LogP) is 0.502. The lowest BCUT2D eigenvalue weighted by molar-refractivity contribution is -0.301. The molecule has 0 spiro atoms. The van der Waals surface area contributed by atoms with Gasteiger partial charge in [0.25, 0.3) is 5.22 Å². The molecule has 0 saturated heterocycles. The van der Waals surface area contributed by atoms with Crippen LogP contribution < -0.4 is 5.11 Å². The van der Waals surface area contributed by atoms with Crippen molar-refractivity contribution >= 4 is 17.7 Å². The van der Waals surface area contributed by atoms with E-state index >= 15 is 0 Å². The molecular weight excluding hydrogens is 240 g/mol. The summed E-state index contributed by atoms with van der Waals surface area (Å²) in [5.74, 6) is -0.873. The van der Waals surface area contributed by atoms with Gasteiger partial charge in [-0.05, 0) is 5.56 Å². The number of carbonyl (C=O) groups excluding carboxylic acids is 1. The van der Waals surface area contributed by atoms with Gasteiger partial charge in [0.1, 0.15) is 0 Å². The summed E-state index contributed by atoms with van der Waals surface area (Å²) in [7, 11) is 0. The zero-order valence-electron chi connectivity index (χ0n) is 8.83. The van der Waals surface area contributed by atoms with Crippen LogP contribution in [-0.2, 0) is 11.2 Å². The molecule has 0 aliphatic rings. The Bertz CT molecular complexity index is 498. The number of aliphatic carboxylic acids is 1. The second-order valence-corrected chi connectivity index (χ2v) is 4.21. The van der Waals surface area contributed by atoms with Crippen LogP contribution in [0.4, 0.5) is 0 Å². The van der Waals surface area contributed by atoms with Crippen LogP contribution in [0, 0.1) is 0 Å². The van der Waals surface area contributed by atoms with Crippen LogP contribution >= 0.6 is 11.8 Å². The van der Waals surface area contributed by atoms with E-state index < -0.39 is 5.97 Å². The van der Waals surface area contributed by atoms with Crippen LogP contribution in [0.2, 0.25) is 0 Å². The smallest absolute Gasteiger partial charge is 0.276 e. The van der Waals surface area contributed by atoms with Gasteiger partial charge in [-0.3, -0.25) is 0 Å². The van der Waals surface area contributed by atoms with Crippen molar-refractivity contribution in [1.29, 1.82) is 0 Å². The largest absolute Gasteiger partial charge is 0.549 e. The molecule has 0 bridgehead atoms. The monoisotopic (exact) mass is 249 g/mol. The molecule has 6 heteroatoms. The van der Waals surface area contributed by atoms with E-state index in [4.69, 9.17) is 4.42 Å². The second-order valence-electron chi connectivity index (χ2n) is 3.28. The van der Waals surface area contributed by atoms with Gasteiger partial charge in [0.15, 0.2) is 0 Å². The van der Waals surface area contributed by atoms with Crippen molar-refractivity contribution < 1.29 is 14.3 Å². The first kappa shape index (κ1) is 11.7. The third-order valence-corrected chi connectivity index (χ3v) is 2.75. The summed E-state index contributed by atoms with van der Waals surface area (Å²) in [5, 5.41) is 18.1. The first-order valence-corrected chi connectivity index (χ1v) is 5.91. The molecule has 0 unspecified atom stereocenters. The maximum absolute atomic E-state index is 10.2. The van der Waals surface area contributed by atoms with E-state index in [2.05, 4.69) is 10.2 Å². The van der Waals surface area contributed by atoms with Gasteiger partial charge in [-0.25, -0.2) is 0 Å². The van der Waals surface area contributed by atoms with E-state index in [1.54, 1.807) is 0 Å². The van der Waals surface area contributed by atoms with E-state index in [1.165, 1.54) is 0 Å². The molecule has 0 fully saturated rings. The number of aromatic nitrogens is 2. The fourth-order valence-corrected chi connectivity index (χ4v) is 1.75. The highest BCUT2D eigenvalue weighted by Gasteiger charge is 2.07. The zero-order valence-corrected chi connectivity index (χ0v) is 9.64. The molecule has 1 aromatic carbocycles. The topological polar surface area (TPSA) is 79.0 Å². The molecule has 0 saturated carbocycles. The number of carboxylic acids is 1. The number of carbonyl (C=O) groups is 1. The summed E-state index contributed by atoms with van der Waals surface area (Å²) in [5.41, 5.74) is 1.06. The van der Waals surface area contributed by atoms with Crippen molar-refractivity contribution in [2.24, 2.45) is 0 Å². The maximum atomic E-state index is 10.2. The lowest BCUT2D eigenvalue weighted by atomic mass is 10.2. The van der Waals surface area contributed by atoms with Crippen LogP contribution in [-0.4, -0.2) is 21.9 Å². The number of rotatable bonds is 5. The molecular formula is C11H9N2O3S-. The number of thioether (sulfide) groups is 1. The summed E-state index contributed by atoms with van der Waals surface area (Å²) in [6, 6.07) is 9.70. The van der Waals surface area contributed by atoms with Crippen molar-refractivity contribution in [3.8, 4) is 0 Å². The van der Waals surface area contributed by atoms with Gasteiger partial charge in [-0.1, -0.05) is 42.1 Å². The van der Waals surface area contributed by atoms with Crippen LogP contribution in [0.25, 0.3) is 0 Å². The van der Waals surface area contributed by atoms with Crippen molar-refractivity contribution in [2.75, 3.05) is 5.75 Å². The van der Waals surface area contributed by atoms with E-state index in [0.717, 1.165) is 17.3 Å². The maximum Gasteiger partial charge on any atom is 0.276 e. The first-order valence-electron chi connectivity index (χ1n) is 4.93. The summed E-state index contributed by atoms with van der Waals surface area (Å²) in [6.07, 6.45) is 0.541. The minimum atomic E-state index is -1.15. The Hall–Kier alpha value is -1.82. The number of benzene rings is 1. The van der Waals surface area contributed by atoms with Gasteiger partial charge in [-0.15, -0.1) is 10.2 Å². The number of hydrogen-bond acceptors (Lipinski definition) is 6. The minimum absolute atomic E-state index is 0.188. The zero-order chi connectivity index (χ0) is 12.1. The number of hydrogen-bond donors (Lipinski definition) is 0. The molecule has 2 rings (SSSR count). The van der Waals surface area contributed by atoms with Crippen LogP contribution in [0.3, 0.4) is 0 Å². The predicted molar refractivity (Wildman–Crippen MR) is 59.3 cm³/mol. The third kappa shape index (κ3) is 3.60. The van der Waals surface area contributed by atoms with Gasteiger partial charge in [-0.2, -0.15) is 0 Å². The molecule has 0 atom stereocenters. The highest BCUT2D eigenvalue weighted by molar-refractivity contribution is 7.99. The number of carboxylic acid groups (broad SMARTS) is 1. The first-order chi connectivity index (χ1) is 8.24. The molecule has 88 valence electrons. The molecule has 0 N–H and O–H groups in total. The van der Waals surface area contributed by atoms with Gasteiger partial charge >= 0.3 is 0 Å². The minimum Gasteiger partial charge on any atom is -0.549 e. The highest BCUT2D eigenvalue weighted by Crippen LogP contribution is 2.16. The standard InChI is InChI=1S/C11H10N2O3S/c14-10(15)7-17-11-13-12-9(16-11)6-8-4-2-1-3-5-8/h1-5H,6-7H2,(H,14,15)/p-1. The summed E-state index contributed by atoms with van der Waals surface area (Å²) in [6.45, 7) is 0. The van der Waals surface area contributed by atoms with Crippen LogP contribution in [0.15, 0.2) is 40.0 Å². The Kier molecular flexibility index (Phi) is 3.77. The Labute approximate surface area is 102 Å². The van der Waals surface area contributed by atoms with E-state index in [0.29, 0.717) is 12.3 Å². The molecule has 0 aliphatic heterocycles. The Morgan fingerprint density at radius 3 is 2.76 bits per heavy atom. The summed E-state index contributed by atoms with van der Waals surface area (Å²) < 4.78 is 5.29. The normalized spacial score (nSPS) is 10.4.